The number of imide groups is 1. The molecule has 1 heterocycles. The van der Waals surface area contributed by atoms with Crippen molar-refractivity contribution in [1.29, 1.82) is 0 Å². The van der Waals surface area contributed by atoms with E-state index in [1.54, 1.807) is 54.6 Å². The maximum Gasteiger partial charge on any atom is 0.262 e. The van der Waals surface area contributed by atoms with E-state index in [0.717, 1.165) is 4.90 Å². The van der Waals surface area contributed by atoms with E-state index in [0.29, 0.717) is 16.7 Å². The highest BCUT2D eigenvalue weighted by Crippen LogP contribution is 2.33. The minimum absolute atomic E-state index is 0.298. The monoisotopic (exact) mass is 294 g/mol. The molecule has 0 saturated carbocycles. The van der Waals surface area contributed by atoms with Crippen LogP contribution in [0.2, 0.25) is 0 Å². The SMILES string of the molecule is O=C([O-])C[C@@H](c1ccccc1)N1C(=O)c2ccccc2C1=O. The van der Waals surface area contributed by atoms with Gasteiger partial charge in [-0.1, -0.05) is 42.5 Å². The first-order valence-corrected chi connectivity index (χ1v) is 6.81. The van der Waals surface area contributed by atoms with Crippen LogP contribution in [0.5, 0.6) is 0 Å². The third-order valence-corrected chi connectivity index (χ3v) is 3.68. The molecule has 1 atom stereocenters. The minimum atomic E-state index is -1.31. The molecule has 1 aliphatic rings. The second kappa shape index (κ2) is 5.44. The highest BCUT2D eigenvalue weighted by Gasteiger charge is 2.40. The number of benzene rings is 2. The Hall–Kier alpha value is -2.95. The molecule has 0 spiro atoms. The van der Waals surface area contributed by atoms with Crippen LogP contribution >= 0.6 is 0 Å². The van der Waals surface area contributed by atoms with Gasteiger partial charge in [-0.3, -0.25) is 14.5 Å². The Balaban J connectivity index is 2.05. The lowest BCUT2D eigenvalue weighted by Crippen LogP contribution is -2.38. The molecule has 0 bridgehead atoms. The zero-order valence-electron chi connectivity index (χ0n) is 11.6. The molecular weight excluding hydrogens is 282 g/mol. The first-order chi connectivity index (χ1) is 10.6. The first kappa shape index (κ1) is 14.0. The van der Waals surface area contributed by atoms with Gasteiger partial charge < -0.3 is 9.90 Å². The molecular formula is C17H12NO4-. The first-order valence-electron chi connectivity index (χ1n) is 6.81. The van der Waals surface area contributed by atoms with Gasteiger partial charge in [0.15, 0.2) is 0 Å². The van der Waals surface area contributed by atoms with E-state index in [-0.39, 0.29) is 0 Å². The van der Waals surface area contributed by atoms with Crippen molar-refractivity contribution in [2.24, 2.45) is 0 Å². The zero-order chi connectivity index (χ0) is 15.7. The van der Waals surface area contributed by atoms with Crippen molar-refractivity contribution in [3.8, 4) is 0 Å². The van der Waals surface area contributed by atoms with E-state index in [2.05, 4.69) is 0 Å². The van der Waals surface area contributed by atoms with Gasteiger partial charge in [0.1, 0.15) is 0 Å². The van der Waals surface area contributed by atoms with Crippen molar-refractivity contribution < 1.29 is 19.5 Å². The fourth-order valence-electron chi connectivity index (χ4n) is 2.68. The molecule has 2 amide bonds. The molecule has 0 radical (unpaired) electrons. The molecule has 2 aromatic carbocycles. The van der Waals surface area contributed by atoms with Crippen molar-refractivity contribution in [3.05, 3.63) is 71.3 Å². The van der Waals surface area contributed by atoms with Crippen molar-refractivity contribution in [2.45, 2.75) is 12.5 Å². The molecule has 5 heteroatoms. The lowest BCUT2D eigenvalue weighted by molar-refractivity contribution is -0.306. The quantitative estimate of drug-likeness (QED) is 0.793. The second-order valence-electron chi connectivity index (χ2n) is 5.03. The summed E-state index contributed by atoms with van der Waals surface area (Å²) in [7, 11) is 0. The van der Waals surface area contributed by atoms with Crippen LogP contribution in [0.15, 0.2) is 54.6 Å². The fraction of sp³-hybridized carbons (Fsp3) is 0.118. The number of carbonyl (C=O) groups excluding carboxylic acids is 3. The summed E-state index contributed by atoms with van der Waals surface area (Å²) in [4.78, 5) is 37.1. The summed E-state index contributed by atoms with van der Waals surface area (Å²) in [5.41, 5.74) is 1.18. The van der Waals surface area contributed by atoms with Crippen molar-refractivity contribution in [1.82, 2.24) is 4.90 Å². The van der Waals surface area contributed by atoms with Crippen LogP contribution in [-0.4, -0.2) is 22.7 Å². The van der Waals surface area contributed by atoms with E-state index in [1.165, 1.54) is 0 Å². The minimum Gasteiger partial charge on any atom is -0.550 e. The topological polar surface area (TPSA) is 77.5 Å². The molecule has 1 aliphatic heterocycles. The number of fused-ring (bicyclic) bond motifs is 1. The largest absolute Gasteiger partial charge is 0.550 e. The standard InChI is InChI=1S/C17H13NO4/c19-15(20)10-14(11-6-2-1-3-7-11)18-16(21)12-8-4-5-9-13(12)17(18)22/h1-9,14H,10H2,(H,19,20)/p-1/t14-/m0/s1. The Bertz CT molecular complexity index is 719. The molecule has 0 unspecified atom stereocenters. The average Bonchev–Trinajstić information content (AvgIpc) is 2.78. The van der Waals surface area contributed by atoms with Crippen molar-refractivity contribution in [2.75, 3.05) is 0 Å². The van der Waals surface area contributed by atoms with Crippen LogP contribution in [0, 0.1) is 0 Å². The Morgan fingerprint density at radius 1 is 0.909 bits per heavy atom. The summed E-state index contributed by atoms with van der Waals surface area (Å²) in [6, 6.07) is 14.2. The van der Waals surface area contributed by atoms with E-state index < -0.39 is 30.2 Å². The maximum absolute atomic E-state index is 12.5. The number of hydrogen-bond acceptors (Lipinski definition) is 4. The summed E-state index contributed by atoms with van der Waals surface area (Å²) < 4.78 is 0. The smallest absolute Gasteiger partial charge is 0.262 e. The third kappa shape index (κ3) is 2.26. The highest BCUT2D eigenvalue weighted by molar-refractivity contribution is 6.21. The normalized spacial score (nSPS) is 14.8. The van der Waals surface area contributed by atoms with E-state index in [9.17, 15) is 19.5 Å². The maximum atomic E-state index is 12.5. The van der Waals surface area contributed by atoms with Crippen LogP contribution in [-0.2, 0) is 4.79 Å². The van der Waals surface area contributed by atoms with Crippen LogP contribution in [0.4, 0.5) is 0 Å². The Kier molecular flexibility index (Phi) is 3.47. The Morgan fingerprint density at radius 2 is 1.41 bits per heavy atom. The predicted octanol–water partition coefficient (Wildman–Crippen LogP) is 1.16. The molecule has 0 N–H and O–H groups in total. The van der Waals surface area contributed by atoms with Crippen LogP contribution in [0.1, 0.15) is 38.7 Å². The number of carboxylic acids is 1. The van der Waals surface area contributed by atoms with Gasteiger partial charge in [0.2, 0.25) is 0 Å². The summed E-state index contributed by atoms with van der Waals surface area (Å²) >= 11 is 0. The fourth-order valence-corrected chi connectivity index (χ4v) is 2.68. The average molecular weight is 294 g/mol. The molecule has 0 saturated heterocycles. The summed E-state index contributed by atoms with van der Waals surface area (Å²) in [6.07, 6.45) is -0.435. The molecule has 5 nitrogen and oxygen atoms in total. The molecule has 22 heavy (non-hydrogen) atoms. The van der Waals surface area contributed by atoms with Crippen molar-refractivity contribution >= 4 is 17.8 Å². The number of amides is 2. The van der Waals surface area contributed by atoms with Gasteiger partial charge in [0.05, 0.1) is 17.2 Å². The second-order valence-corrected chi connectivity index (χ2v) is 5.03. The molecule has 0 aliphatic carbocycles. The lowest BCUT2D eigenvalue weighted by Gasteiger charge is -2.27. The van der Waals surface area contributed by atoms with Gasteiger partial charge in [-0.25, -0.2) is 0 Å². The van der Waals surface area contributed by atoms with Gasteiger partial charge in [0.25, 0.3) is 11.8 Å². The number of aliphatic carboxylic acids is 1. The number of carbonyl (C=O) groups is 3. The third-order valence-electron chi connectivity index (χ3n) is 3.68. The zero-order valence-corrected chi connectivity index (χ0v) is 11.6. The molecule has 0 fully saturated rings. The number of hydrogen-bond donors (Lipinski definition) is 0. The van der Waals surface area contributed by atoms with Gasteiger partial charge in [0, 0.05) is 12.4 Å². The predicted molar refractivity (Wildman–Crippen MR) is 75.7 cm³/mol. The summed E-state index contributed by atoms with van der Waals surface area (Å²) in [5.74, 6) is -2.27. The molecule has 0 aromatic heterocycles. The number of carboxylic acid groups (broad SMARTS) is 1. The van der Waals surface area contributed by atoms with E-state index in [1.807, 2.05) is 0 Å². The van der Waals surface area contributed by atoms with Gasteiger partial charge >= 0.3 is 0 Å². The van der Waals surface area contributed by atoms with Gasteiger partial charge in [-0.05, 0) is 17.7 Å². The van der Waals surface area contributed by atoms with E-state index in [4.69, 9.17) is 0 Å². The molecule has 2 aromatic rings. The molecule has 3 rings (SSSR count). The van der Waals surface area contributed by atoms with E-state index >= 15 is 0 Å². The van der Waals surface area contributed by atoms with Crippen molar-refractivity contribution in [3.63, 3.8) is 0 Å². The van der Waals surface area contributed by atoms with Gasteiger partial charge in [-0.15, -0.1) is 0 Å². The summed E-state index contributed by atoms with van der Waals surface area (Å²) in [6.45, 7) is 0. The Labute approximate surface area is 126 Å². The number of rotatable bonds is 4. The molecule has 110 valence electrons. The van der Waals surface area contributed by atoms with Gasteiger partial charge in [-0.2, -0.15) is 0 Å². The highest BCUT2D eigenvalue weighted by atomic mass is 16.4. The van der Waals surface area contributed by atoms with Crippen LogP contribution in [0.3, 0.4) is 0 Å². The summed E-state index contributed by atoms with van der Waals surface area (Å²) in [5, 5.41) is 11.1. The lowest BCUT2D eigenvalue weighted by atomic mass is 10.0. The number of nitrogens with zero attached hydrogens (tertiary/aromatic N) is 1. The van der Waals surface area contributed by atoms with Crippen LogP contribution in [0.25, 0.3) is 0 Å². The Morgan fingerprint density at radius 3 is 1.91 bits per heavy atom. The van der Waals surface area contributed by atoms with Crippen LogP contribution < -0.4 is 5.11 Å².